The molecule has 2 aromatic carbocycles. The maximum absolute atomic E-state index is 14.4. The average Bonchev–Trinajstić information content (AvgIpc) is 3.04. The van der Waals surface area contributed by atoms with Gasteiger partial charge in [0.25, 0.3) is 11.6 Å². The zero-order valence-corrected chi connectivity index (χ0v) is 14.9. The summed E-state index contributed by atoms with van der Waals surface area (Å²) in [5.41, 5.74) is -0.794. The topological polar surface area (TPSA) is 83.8 Å². The van der Waals surface area contributed by atoms with E-state index in [-0.39, 0.29) is 28.8 Å². The van der Waals surface area contributed by atoms with E-state index in [4.69, 9.17) is 11.6 Å². The van der Waals surface area contributed by atoms with Crippen LogP contribution >= 0.6 is 11.6 Å². The third kappa shape index (κ3) is 3.90. The van der Waals surface area contributed by atoms with E-state index in [1.54, 1.807) is 0 Å². The molecule has 0 spiro atoms. The first-order valence-electron chi connectivity index (χ1n) is 8.16. The molecule has 7 nitrogen and oxygen atoms in total. The molecular weight excluding hydrogens is 377 g/mol. The molecule has 0 unspecified atom stereocenters. The first-order valence-corrected chi connectivity index (χ1v) is 8.54. The molecule has 0 aromatic heterocycles. The van der Waals surface area contributed by atoms with Crippen LogP contribution in [-0.4, -0.2) is 34.9 Å². The quantitative estimate of drug-likeness (QED) is 0.575. The monoisotopic (exact) mass is 391 g/mol. The molecule has 2 aromatic rings. The molecule has 0 atom stereocenters. The van der Waals surface area contributed by atoms with E-state index >= 15 is 0 Å². The minimum atomic E-state index is -0.811. The highest BCUT2D eigenvalue weighted by atomic mass is 35.5. The molecule has 0 N–H and O–H groups in total. The van der Waals surface area contributed by atoms with Crippen LogP contribution in [0.1, 0.15) is 23.2 Å². The number of nitrogens with zero attached hydrogens (tertiary/aromatic N) is 3. The number of nitro groups is 1. The fourth-order valence-electron chi connectivity index (χ4n) is 2.93. The Labute approximate surface area is 159 Å². The summed E-state index contributed by atoms with van der Waals surface area (Å²) >= 11 is 5.91. The second-order valence-corrected chi connectivity index (χ2v) is 6.44. The van der Waals surface area contributed by atoms with Gasteiger partial charge < -0.3 is 4.90 Å². The molecule has 1 saturated heterocycles. The van der Waals surface area contributed by atoms with Crippen LogP contribution in [0.3, 0.4) is 0 Å². The number of amides is 2. The maximum atomic E-state index is 14.4. The van der Waals surface area contributed by atoms with E-state index in [9.17, 15) is 24.1 Å². The Morgan fingerprint density at radius 2 is 2.04 bits per heavy atom. The van der Waals surface area contributed by atoms with Gasteiger partial charge in [-0.05, 0) is 30.7 Å². The van der Waals surface area contributed by atoms with Gasteiger partial charge in [-0.2, -0.15) is 0 Å². The number of hydrogen-bond donors (Lipinski definition) is 0. The van der Waals surface area contributed by atoms with E-state index in [0.29, 0.717) is 19.4 Å². The molecule has 2 amide bonds. The Kier molecular flexibility index (Phi) is 5.36. The van der Waals surface area contributed by atoms with Gasteiger partial charge in [0.1, 0.15) is 18.0 Å². The van der Waals surface area contributed by atoms with Crippen molar-refractivity contribution in [2.75, 3.05) is 18.1 Å². The smallest absolute Gasteiger partial charge is 0.282 e. The maximum Gasteiger partial charge on any atom is 0.282 e. The molecule has 1 fully saturated rings. The van der Waals surface area contributed by atoms with Crippen molar-refractivity contribution in [3.8, 4) is 0 Å². The van der Waals surface area contributed by atoms with Crippen LogP contribution in [0.15, 0.2) is 42.5 Å². The predicted molar refractivity (Wildman–Crippen MR) is 97.1 cm³/mol. The standard InChI is InChI=1S/C18H15ClFN3O4/c19-12-7-8-15(23(26)27)13(10-12)18(25)22(11-21-9-3-6-17(21)24)16-5-2-1-4-14(16)20/h1-2,4-5,7-8,10H,3,6,9,11H2. The lowest BCUT2D eigenvalue weighted by Gasteiger charge is -2.28. The molecule has 9 heteroatoms. The molecule has 3 rings (SSSR count). The van der Waals surface area contributed by atoms with E-state index in [1.807, 2.05) is 0 Å². The normalized spacial score (nSPS) is 13.7. The summed E-state index contributed by atoms with van der Waals surface area (Å²) in [6, 6.07) is 9.14. The lowest BCUT2D eigenvalue weighted by atomic mass is 10.1. The van der Waals surface area contributed by atoms with Crippen molar-refractivity contribution in [1.82, 2.24) is 4.90 Å². The summed E-state index contributed by atoms with van der Waals surface area (Å²) in [7, 11) is 0. The van der Waals surface area contributed by atoms with E-state index in [0.717, 1.165) is 11.0 Å². The van der Waals surface area contributed by atoms with Crippen molar-refractivity contribution in [2.45, 2.75) is 12.8 Å². The van der Waals surface area contributed by atoms with Crippen molar-refractivity contribution >= 4 is 34.8 Å². The van der Waals surface area contributed by atoms with Gasteiger partial charge in [-0.15, -0.1) is 0 Å². The van der Waals surface area contributed by atoms with Crippen LogP contribution < -0.4 is 4.90 Å². The van der Waals surface area contributed by atoms with Crippen LogP contribution in [-0.2, 0) is 4.79 Å². The molecular formula is C18H15ClFN3O4. The van der Waals surface area contributed by atoms with Gasteiger partial charge in [0.2, 0.25) is 5.91 Å². The third-order valence-electron chi connectivity index (χ3n) is 4.26. The van der Waals surface area contributed by atoms with Crippen molar-refractivity contribution in [3.63, 3.8) is 0 Å². The summed E-state index contributed by atoms with van der Waals surface area (Å²) in [6.45, 7) is 0.219. The molecule has 27 heavy (non-hydrogen) atoms. The number of benzene rings is 2. The summed E-state index contributed by atoms with van der Waals surface area (Å²) in [5.74, 6) is -1.65. The Morgan fingerprint density at radius 3 is 2.67 bits per heavy atom. The first-order chi connectivity index (χ1) is 12.9. The van der Waals surface area contributed by atoms with Crippen LogP contribution in [0.2, 0.25) is 5.02 Å². The summed E-state index contributed by atoms with van der Waals surface area (Å²) in [5, 5.41) is 11.4. The van der Waals surface area contributed by atoms with E-state index in [1.165, 1.54) is 41.3 Å². The zero-order valence-electron chi connectivity index (χ0n) is 14.1. The van der Waals surface area contributed by atoms with Gasteiger partial charge in [0.05, 0.1) is 10.6 Å². The van der Waals surface area contributed by atoms with Crippen molar-refractivity contribution < 1.29 is 18.9 Å². The molecule has 1 aliphatic rings. The number of carbonyl (C=O) groups is 2. The van der Waals surface area contributed by atoms with Crippen LogP contribution in [0.25, 0.3) is 0 Å². The predicted octanol–water partition coefficient (Wildman–Crippen LogP) is 3.61. The molecule has 0 saturated carbocycles. The summed E-state index contributed by atoms with van der Waals surface area (Å²) in [4.78, 5) is 38.2. The Morgan fingerprint density at radius 1 is 1.30 bits per heavy atom. The van der Waals surface area contributed by atoms with Crippen molar-refractivity contribution in [3.05, 3.63) is 69.0 Å². The van der Waals surface area contributed by atoms with Gasteiger partial charge in [0.15, 0.2) is 0 Å². The highest BCUT2D eigenvalue weighted by Gasteiger charge is 2.31. The van der Waals surface area contributed by atoms with Gasteiger partial charge in [-0.1, -0.05) is 23.7 Å². The third-order valence-corrected chi connectivity index (χ3v) is 4.49. The molecule has 1 heterocycles. The van der Waals surface area contributed by atoms with Gasteiger partial charge in [-0.3, -0.25) is 24.6 Å². The number of carbonyl (C=O) groups excluding carboxylic acids is 2. The lowest BCUT2D eigenvalue weighted by molar-refractivity contribution is -0.385. The van der Waals surface area contributed by atoms with Gasteiger partial charge in [0, 0.05) is 24.1 Å². The van der Waals surface area contributed by atoms with Gasteiger partial charge in [-0.25, -0.2) is 4.39 Å². The molecule has 1 aliphatic heterocycles. The van der Waals surface area contributed by atoms with Gasteiger partial charge >= 0.3 is 0 Å². The first kappa shape index (κ1) is 18.8. The number of halogens is 2. The Bertz CT molecular complexity index is 921. The second-order valence-electron chi connectivity index (χ2n) is 6.01. The highest BCUT2D eigenvalue weighted by molar-refractivity contribution is 6.31. The van der Waals surface area contributed by atoms with Crippen LogP contribution in [0.5, 0.6) is 0 Å². The average molecular weight is 392 g/mol. The number of anilines is 1. The van der Waals surface area contributed by atoms with E-state index in [2.05, 4.69) is 0 Å². The lowest BCUT2D eigenvalue weighted by Crippen LogP contribution is -2.43. The van der Waals surface area contributed by atoms with Crippen LogP contribution in [0.4, 0.5) is 15.8 Å². The number of nitro benzene ring substituents is 1. The van der Waals surface area contributed by atoms with Crippen molar-refractivity contribution in [2.24, 2.45) is 0 Å². The fourth-order valence-corrected chi connectivity index (χ4v) is 3.10. The summed E-state index contributed by atoms with van der Waals surface area (Å²) in [6.07, 6.45) is 0.978. The largest absolute Gasteiger partial charge is 0.324 e. The molecule has 0 radical (unpaired) electrons. The number of para-hydroxylation sites is 1. The second kappa shape index (κ2) is 7.71. The number of hydrogen-bond acceptors (Lipinski definition) is 4. The minimum Gasteiger partial charge on any atom is -0.324 e. The SMILES string of the molecule is O=C1CCCN1CN(C(=O)c1cc(Cl)ccc1[N+](=O)[O-])c1ccccc1F. The number of rotatable bonds is 5. The molecule has 140 valence electrons. The van der Waals surface area contributed by atoms with Crippen LogP contribution in [0, 0.1) is 15.9 Å². The zero-order chi connectivity index (χ0) is 19.6. The summed E-state index contributed by atoms with van der Waals surface area (Å²) < 4.78 is 14.4. The molecule has 0 aliphatic carbocycles. The Balaban J connectivity index is 2.06. The van der Waals surface area contributed by atoms with E-state index < -0.39 is 22.3 Å². The molecule has 0 bridgehead atoms. The van der Waals surface area contributed by atoms with Crippen molar-refractivity contribution in [1.29, 1.82) is 0 Å². The fraction of sp³-hybridized carbons (Fsp3) is 0.222. The number of likely N-dealkylation sites (tertiary alicyclic amines) is 1. The Hall–Kier alpha value is -3.00. The minimum absolute atomic E-state index is 0.0727. The highest BCUT2D eigenvalue weighted by Crippen LogP contribution is 2.28.